The molecule has 0 amide bonds. The van der Waals surface area contributed by atoms with Crippen molar-refractivity contribution in [1.82, 2.24) is 5.32 Å². The standard InChI is InChI=1S/C15H19NO/c1-12-3-5-15-10-13(4-6-14(15)9-12)11-16-7-2-8-17/h3-6,9-10,16-17H,2,7-8,11H2,1H3. The summed E-state index contributed by atoms with van der Waals surface area (Å²) in [6.07, 6.45) is 0.812. The molecule has 2 aromatic rings. The van der Waals surface area contributed by atoms with Crippen molar-refractivity contribution in [2.45, 2.75) is 19.9 Å². The number of hydrogen-bond donors (Lipinski definition) is 2. The van der Waals surface area contributed by atoms with Crippen LogP contribution in [0, 0.1) is 6.92 Å². The molecule has 0 aliphatic rings. The fourth-order valence-electron chi connectivity index (χ4n) is 1.96. The van der Waals surface area contributed by atoms with Crippen LogP contribution < -0.4 is 5.32 Å². The lowest BCUT2D eigenvalue weighted by atomic mass is 10.0. The predicted molar refractivity (Wildman–Crippen MR) is 72.1 cm³/mol. The van der Waals surface area contributed by atoms with E-state index in [4.69, 9.17) is 5.11 Å². The highest BCUT2D eigenvalue weighted by Crippen LogP contribution is 2.17. The summed E-state index contributed by atoms with van der Waals surface area (Å²) in [4.78, 5) is 0. The van der Waals surface area contributed by atoms with Gasteiger partial charge < -0.3 is 10.4 Å². The van der Waals surface area contributed by atoms with Crippen molar-refractivity contribution in [3.63, 3.8) is 0 Å². The van der Waals surface area contributed by atoms with Crippen LogP contribution in [0.3, 0.4) is 0 Å². The lowest BCUT2D eigenvalue weighted by Gasteiger charge is -2.06. The molecule has 17 heavy (non-hydrogen) atoms. The van der Waals surface area contributed by atoms with Crippen LogP contribution in [0.4, 0.5) is 0 Å². The molecule has 2 heteroatoms. The van der Waals surface area contributed by atoms with Crippen molar-refractivity contribution in [1.29, 1.82) is 0 Å². The molecule has 0 spiro atoms. The van der Waals surface area contributed by atoms with Crippen molar-refractivity contribution < 1.29 is 5.11 Å². The number of hydrogen-bond acceptors (Lipinski definition) is 2. The molecule has 0 aliphatic heterocycles. The maximum atomic E-state index is 8.69. The van der Waals surface area contributed by atoms with Gasteiger partial charge >= 0.3 is 0 Å². The molecule has 0 fully saturated rings. The molecule has 90 valence electrons. The lowest BCUT2D eigenvalue weighted by Crippen LogP contribution is -2.15. The zero-order chi connectivity index (χ0) is 12.1. The maximum absolute atomic E-state index is 8.69. The van der Waals surface area contributed by atoms with E-state index in [0.717, 1.165) is 19.5 Å². The van der Waals surface area contributed by atoms with Gasteiger partial charge in [-0.3, -0.25) is 0 Å². The van der Waals surface area contributed by atoms with Crippen LogP contribution in [0.15, 0.2) is 36.4 Å². The van der Waals surface area contributed by atoms with Gasteiger partial charge in [0.25, 0.3) is 0 Å². The Morgan fingerprint density at radius 3 is 2.65 bits per heavy atom. The Bertz CT molecular complexity index is 493. The van der Waals surface area contributed by atoms with Crippen LogP contribution in [0.5, 0.6) is 0 Å². The number of aryl methyl sites for hydroxylation is 1. The highest BCUT2D eigenvalue weighted by Gasteiger charge is 1.97. The number of fused-ring (bicyclic) bond motifs is 1. The Balaban J connectivity index is 2.07. The summed E-state index contributed by atoms with van der Waals surface area (Å²) in [5.41, 5.74) is 2.59. The molecule has 0 aliphatic carbocycles. The van der Waals surface area contributed by atoms with Gasteiger partial charge in [-0.15, -0.1) is 0 Å². The number of aliphatic hydroxyl groups is 1. The van der Waals surface area contributed by atoms with E-state index in [2.05, 4.69) is 48.6 Å². The van der Waals surface area contributed by atoms with Crippen molar-refractivity contribution in [3.8, 4) is 0 Å². The molecule has 0 unspecified atom stereocenters. The summed E-state index contributed by atoms with van der Waals surface area (Å²) >= 11 is 0. The zero-order valence-electron chi connectivity index (χ0n) is 10.2. The predicted octanol–water partition coefficient (Wildman–Crippen LogP) is 2.62. The van der Waals surface area contributed by atoms with E-state index in [1.54, 1.807) is 0 Å². The fourth-order valence-corrected chi connectivity index (χ4v) is 1.96. The van der Waals surface area contributed by atoms with E-state index in [9.17, 15) is 0 Å². The zero-order valence-corrected chi connectivity index (χ0v) is 10.2. The number of nitrogens with one attached hydrogen (secondary N) is 1. The van der Waals surface area contributed by atoms with Crippen LogP contribution >= 0.6 is 0 Å². The first-order valence-corrected chi connectivity index (χ1v) is 6.10. The molecule has 0 atom stereocenters. The first-order valence-electron chi connectivity index (χ1n) is 6.10. The van der Waals surface area contributed by atoms with Crippen LogP contribution in [-0.2, 0) is 6.54 Å². The first kappa shape index (κ1) is 12.1. The Morgan fingerprint density at radius 2 is 1.82 bits per heavy atom. The van der Waals surface area contributed by atoms with Gasteiger partial charge in [0.2, 0.25) is 0 Å². The molecule has 0 aromatic heterocycles. The minimum atomic E-state index is 0.254. The van der Waals surface area contributed by atoms with Crippen molar-refractivity contribution >= 4 is 10.8 Å². The number of rotatable bonds is 5. The first-order chi connectivity index (χ1) is 8.29. The van der Waals surface area contributed by atoms with Gasteiger partial charge in [-0.2, -0.15) is 0 Å². The molecule has 0 saturated carbocycles. The molecule has 0 saturated heterocycles. The van der Waals surface area contributed by atoms with Crippen molar-refractivity contribution in [2.24, 2.45) is 0 Å². The smallest absolute Gasteiger partial charge is 0.0443 e. The molecule has 2 rings (SSSR count). The number of benzene rings is 2. The Morgan fingerprint density at radius 1 is 1.06 bits per heavy atom. The van der Waals surface area contributed by atoms with Gasteiger partial charge in [-0.1, -0.05) is 35.9 Å². The van der Waals surface area contributed by atoms with Gasteiger partial charge in [-0.05, 0) is 42.3 Å². The second kappa shape index (κ2) is 5.80. The molecule has 2 nitrogen and oxygen atoms in total. The van der Waals surface area contributed by atoms with E-state index in [1.807, 2.05) is 0 Å². The summed E-state index contributed by atoms with van der Waals surface area (Å²) in [5.74, 6) is 0. The number of aliphatic hydroxyl groups excluding tert-OH is 1. The third kappa shape index (κ3) is 3.29. The van der Waals surface area contributed by atoms with Gasteiger partial charge in [0.15, 0.2) is 0 Å². The second-order valence-corrected chi connectivity index (χ2v) is 4.44. The van der Waals surface area contributed by atoms with E-state index in [1.165, 1.54) is 21.9 Å². The molecular weight excluding hydrogens is 210 g/mol. The molecule has 2 aromatic carbocycles. The third-order valence-electron chi connectivity index (χ3n) is 2.90. The average molecular weight is 229 g/mol. The molecule has 0 heterocycles. The molecule has 2 N–H and O–H groups in total. The van der Waals surface area contributed by atoms with E-state index >= 15 is 0 Å². The summed E-state index contributed by atoms with van der Waals surface area (Å²) in [7, 11) is 0. The van der Waals surface area contributed by atoms with Crippen molar-refractivity contribution in [2.75, 3.05) is 13.2 Å². The minimum absolute atomic E-state index is 0.254. The van der Waals surface area contributed by atoms with Gasteiger partial charge in [-0.25, -0.2) is 0 Å². The quantitative estimate of drug-likeness (QED) is 0.772. The highest BCUT2D eigenvalue weighted by atomic mass is 16.3. The van der Waals surface area contributed by atoms with Gasteiger partial charge in [0, 0.05) is 13.2 Å². The fraction of sp³-hybridized carbons (Fsp3) is 0.333. The van der Waals surface area contributed by atoms with Crippen molar-refractivity contribution in [3.05, 3.63) is 47.5 Å². The molecule has 0 radical (unpaired) electrons. The summed E-state index contributed by atoms with van der Waals surface area (Å²) < 4.78 is 0. The minimum Gasteiger partial charge on any atom is -0.396 e. The lowest BCUT2D eigenvalue weighted by molar-refractivity contribution is 0.286. The second-order valence-electron chi connectivity index (χ2n) is 4.44. The highest BCUT2D eigenvalue weighted by molar-refractivity contribution is 5.83. The van der Waals surface area contributed by atoms with E-state index < -0.39 is 0 Å². The van der Waals surface area contributed by atoms with E-state index in [-0.39, 0.29) is 6.61 Å². The summed E-state index contributed by atoms with van der Waals surface area (Å²) in [6, 6.07) is 13.1. The molecule has 0 bridgehead atoms. The summed E-state index contributed by atoms with van der Waals surface area (Å²) in [5, 5.41) is 14.6. The topological polar surface area (TPSA) is 32.3 Å². The Hall–Kier alpha value is -1.38. The average Bonchev–Trinajstić information content (AvgIpc) is 2.35. The SMILES string of the molecule is Cc1ccc2cc(CNCCCO)ccc2c1. The Labute approximate surface area is 102 Å². The van der Waals surface area contributed by atoms with Crippen LogP contribution in [0.1, 0.15) is 17.5 Å². The van der Waals surface area contributed by atoms with Gasteiger partial charge in [0.05, 0.1) is 0 Å². The maximum Gasteiger partial charge on any atom is 0.0443 e. The normalized spacial score (nSPS) is 10.9. The van der Waals surface area contributed by atoms with Crippen LogP contribution in [-0.4, -0.2) is 18.3 Å². The van der Waals surface area contributed by atoms with E-state index in [0.29, 0.717) is 0 Å². The monoisotopic (exact) mass is 229 g/mol. The summed E-state index contributed by atoms with van der Waals surface area (Å²) in [6.45, 7) is 4.10. The third-order valence-corrected chi connectivity index (χ3v) is 2.90. The molecular formula is C15H19NO. The van der Waals surface area contributed by atoms with Crippen LogP contribution in [0.2, 0.25) is 0 Å². The Kier molecular flexibility index (Phi) is 4.13. The largest absolute Gasteiger partial charge is 0.396 e. The van der Waals surface area contributed by atoms with Gasteiger partial charge in [0.1, 0.15) is 0 Å². The van der Waals surface area contributed by atoms with Crippen LogP contribution in [0.25, 0.3) is 10.8 Å².